The average Bonchev–Trinajstić information content (AvgIpc) is 3.34. The van der Waals surface area contributed by atoms with Crippen LogP contribution in [0.5, 0.6) is 11.5 Å². The van der Waals surface area contributed by atoms with Crippen LogP contribution in [0.3, 0.4) is 0 Å². The largest absolute Gasteiger partial charge is 0.457 e. The van der Waals surface area contributed by atoms with E-state index in [0.717, 1.165) is 48.8 Å². The molecule has 0 bridgehead atoms. The van der Waals surface area contributed by atoms with Crippen LogP contribution in [0.25, 0.3) is 33.1 Å². The first-order chi connectivity index (χ1) is 17.6. The van der Waals surface area contributed by atoms with Crippen LogP contribution < -0.4 is 4.74 Å². The van der Waals surface area contributed by atoms with Crippen LogP contribution in [0.2, 0.25) is 0 Å². The molecule has 1 unspecified atom stereocenters. The van der Waals surface area contributed by atoms with Crippen molar-refractivity contribution >= 4 is 53.8 Å². The molecule has 0 fully saturated rings. The van der Waals surface area contributed by atoms with Crippen molar-refractivity contribution in [2.24, 2.45) is 0 Å². The van der Waals surface area contributed by atoms with E-state index in [2.05, 4.69) is 111 Å². The molecular formula is C32H18Br2O2. The van der Waals surface area contributed by atoms with E-state index in [1.165, 1.54) is 33.4 Å². The molecule has 172 valence electrons. The summed E-state index contributed by atoms with van der Waals surface area (Å²) in [5, 5.41) is 2.24. The van der Waals surface area contributed by atoms with Crippen LogP contribution in [0, 0.1) is 0 Å². The Balaban J connectivity index is 1.59. The molecule has 36 heavy (non-hydrogen) atoms. The maximum atomic E-state index is 6.61. The van der Waals surface area contributed by atoms with Crippen molar-refractivity contribution in [3.8, 4) is 22.6 Å². The van der Waals surface area contributed by atoms with E-state index in [1.54, 1.807) is 0 Å². The summed E-state index contributed by atoms with van der Waals surface area (Å²) < 4.78 is 15.3. The van der Waals surface area contributed by atoms with Crippen LogP contribution in [0.1, 0.15) is 22.3 Å². The molecule has 1 atom stereocenters. The fourth-order valence-electron chi connectivity index (χ4n) is 6.33. The number of benzene rings is 5. The van der Waals surface area contributed by atoms with Crippen molar-refractivity contribution in [2.75, 3.05) is 0 Å². The second-order valence-corrected chi connectivity index (χ2v) is 11.3. The number of para-hydroxylation sites is 3. The molecule has 4 heteroatoms. The average molecular weight is 594 g/mol. The van der Waals surface area contributed by atoms with Gasteiger partial charge in [-0.3, -0.25) is 0 Å². The molecule has 1 aliphatic carbocycles. The number of hydrogen-bond acceptors (Lipinski definition) is 2. The molecule has 8 rings (SSSR count). The van der Waals surface area contributed by atoms with Crippen LogP contribution in [-0.2, 0) is 11.8 Å². The highest BCUT2D eigenvalue weighted by molar-refractivity contribution is 9.11. The van der Waals surface area contributed by atoms with Crippen LogP contribution in [0.4, 0.5) is 0 Å². The fourth-order valence-corrected chi connectivity index (χ4v) is 7.31. The van der Waals surface area contributed by atoms with Gasteiger partial charge in [0.1, 0.15) is 22.7 Å². The number of hydrogen-bond donors (Lipinski definition) is 0. The second-order valence-electron chi connectivity index (χ2n) is 9.56. The topological polar surface area (TPSA) is 22.4 Å². The summed E-state index contributed by atoms with van der Waals surface area (Å²) in [6.45, 7) is 0. The van der Waals surface area contributed by atoms with Gasteiger partial charge in [0.2, 0.25) is 0 Å². The highest BCUT2D eigenvalue weighted by Crippen LogP contribution is 2.61. The third-order valence-corrected chi connectivity index (χ3v) is 8.89. The van der Waals surface area contributed by atoms with Gasteiger partial charge in [-0.25, -0.2) is 0 Å². The van der Waals surface area contributed by atoms with Gasteiger partial charge in [-0.1, -0.05) is 92.5 Å². The fraction of sp³-hybridized carbons (Fsp3) is 0.0625. The molecule has 0 saturated carbocycles. The van der Waals surface area contributed by atoms with E-state index in [1.807, 2.05) is 18.2 Å². The molecule has 1 aliphatic heterocycles. The van der Waals surface area contributed by atoms with Gasteiger partial charge in [0.25, 0.3) is 0 Å². The molecule has 0 N–H and O–H groups in total. The molecule has 0 radical (unpaired) electrons. The molecule has 0 amide bonds. The van der Waals surface area contributed by atoms with Crippen molar-refractivity contribution in [3.63, 3.8) is 0 Å². The minimum atomic E-state index is -0.437. The predicted octanol–water partition coefficient (Wildman–Crippen LogP) is 9.77. The Bertz CT molecular complexity index is 1880. The number of ether oxygens (including phenoxy) is 1. The SMILES string of the molecule is Brc1ccc2c(c1)C1(Cc3ccccc3Oc3ccccc31)c1cc(Br)c3c(oc4ccccc43)c1-2. The minimum Gasteiger partial charge on any atom is -0.457 e. The van der Waals surface area contributed by atoms with Crippen molar-refractivity contribution in [1.82, 2.24) is 0 Å². The van der Waals surface area contributed by atoms with Gasteiger partial charge in [-0.05, 0) is 65.1 Å². The zero-order valence-electron chi connectivity index (χ0n) is 19.0. The standard InChI is InChI=1S/C32H18Br2O2/c33-19-13-14-20-23(15-19)32(17-18-7-1-4-10-26(18)35-28-12-6-3-9-22(28)32)24-16-25(34)30-21-8-2-5-11-27(21)36-31(30)29(20)24/h1-16H,17H2. The molecule has 2 heterocycles. The van der Waals surface area contributed by atoms with Crippen LogP contribution in [-0.4, -0.2) is 0 Å². The molecule has 6 aromatic rings. The summed E-state index contributed by atoms with van der Waals surface area (Å²) in [6.07, 6.45) is 0.787. The Morgan fingerprint density at radius 1 is 0.694 bits per heavy atom. The summed E-state index contributed by atoms with van der Waals surface area (Å²) >= 11 is 7.73. The summed E-state index contributed by atoms with van der Waals surface area (Å²) in [4.78, 5) is 0. The smallest absolute Gasteiger partial charge is 0.144 e. The minimum absolute atomic E-state index is 0.437. The van der Waals surface area contributed by atoms with Gasteiger partial charge in [-0.2, -0.15) is 0 Å². The van der Waals surface area contributed by atoms with Gasteiger partial charge >= 0.3 is 0 Å². The Kier molecular flexibility index (Phi) is 4.25. The lowest BCUT2D eigenvalue weighted by Crippen LogP contribution is -2.29. The highest BCUT2D eigenvalue weighted by atomic mass is 79.9. The molecule has 1 aromatic heterocycles. The summed E-state index contributed by atoms with van der Waals surface area (Å²) in [6, 6.07) is 34.1. The molecular weight excluding hydrogens is 576 g/mol. The maximum Gasteiger partial charge on any atom is 0.144 e. The van der Waals surface area contributed by atoms with Gasteiger partial charge in [0.15, 0.2) is 0 Å². The van der Waals surface area contributed by atoms with E-state index in [9.17, 15) is 0 Å². The number of furan rings is 1. The van der Waals surface area contributed by atoms with Gasteiger partial charge < -0.3 is 9.15 Å². The highest BCUT2D eigenvalue weighted by Gasteiger charge is 2.49. The first-order valence-corrected chi connectivity index (χ1v) is 13.5. The zero-order valence-corrected chi connectivity index (χ0v) is 22.2. The summed E-state index contributed by atoms with van der Waals surface area (Å²) in [5.41, 5.74) is 8.62. The van der Waals surface area contributed by atoms with Crippen molar-refractivity contribution < 1.29 is 9.15 Å². The summed E-state index contributed by atoms with van der Waals surface area (Å²) in [5.74, 6) is 1.80. The number of rotatable bonds is 0. The monoisotopic (exact) mass is 592 g/mol. The van der Waals surface area contributed by atoms with E-state index in [0.29, 0.717) is 0 Å². The van der Waals surface area contributed by atoms with Crippen molar-refractivity contribution in [1.29, 1.82) is 0 Å². The van der Waals surface area contributed by atoms with Gasteiger partial charge in [-0.15, -0.1) is 0 Å². The maximum absolute atomic E-state index is 6.61. The number of halogens is 2. The first-order valence-electron chi connectivity index (χ1n) is 11.9. The molecule has 2 nitrogen and oxygen atoms in total. The quantitative estimate of drug-likeness (QED) is 0.175. The van der Waals surface area contributed by atoms with E-state index in [-0.39, 0.29) is 0 Å². The number of fused-ring (bicyclic) bond motifs is 12. The Hall–Kier alpha value is -3.34. The van der Waals surface area contributed by atoms with E-state index in [4.69, 9.17) is 9.15 Å². The molecule has 5 aromatic carbocycles. The second kappa shape index (κ2) is 7.34. The lowest BCUT2D eigenvalue weighted by molar-refractivity contribution is 0.477. The third-order valence-electron chi connectivity index (χ3n) is 7.77. The first kappa shape index (κ1) is 20.8. The van der Waals surface area contributed by atoms with Gasteiger partial charge in [0, 0.05) is 30.8 Å². The third kappa shape index (κ3) is 2.61. The lowest BCUT2D eigenvalue weighted by Gasteiger charge is -2.32. The van der Waals surface area contributed by atoms with Crippen molar-refractivity contribution in [3.05, 3.63) is 128 Å². The summed E-state index contributed by atoms with van der Waals surface area (Å²) in [7, 11) is 0. The van der Waals surface area contributed by atoms with E-state index >= 15 is 0 Å². The van der Waals surface area contributed by atoms with Crippen LogP contribution in [0.15, 0.2) is 110 Å². The van der Waals surface area contributed by atoms with Gasteiger partial charge in [0.05, 0.1) is 5.41 Å². The Morgan fingerprint density at radius 3 is 2.39 bits per heavy atom. The van der Waals surface area contributed by atoms with Crippen LogP contribution >= 0.6 is 31.9 Å². The van der Waals surface area contributed by atoms with E-state index < -0.39 is 5.41 Å². The molecule has 2 aliphatic rings. The lowest BCUT2D eigenvalue weighted by atomic mass is 9.68. The zero-order chi connectivity index (χ0) is 24.0. The molecule has 0 saturated heterocycles. The molecule has 1 spiro atoms. The Labute approximate surface area is 224 Å². The van der Waals surface area contributed by atoms with Crippen molar-refractivity contribution in [2.45, 2.75) is 11.8 Å². The predicted molar refractivity (Wildman–Crippen MR) is 151 cm³/mol. The normalized spacial score (nSPS) is 17.4. The Morgan fingerprint density at radius 2 is 1.47 bits per heavy atom.